The molecule has 0 N–H and O–H groups in total. The van der Waals surface area contributed by atoms with Crippen molar-refractivity contribution in [2.45, 2.75) is 26.1 Å². The molecule has 1 atom stereocenters. The van der Waals surface area contributed by atoms with E-state index in [2.05, 4.69) is 20.9 Å². The smallest absolute Gasteiger partial charge is 0.416 e. The standard InChI is InChI=1S/C29H22BrF3N2O5S/c1-4-39-27(37)24-15(2)34-28-35(25(24)17-8-10-22(38-3)20(30)13-17)26(36)23(41-28)14-19-9-11-21(40-19)16-6-5-7-18(12-16)29(31,32)33/h5-14,25H,4H2,1-3H3/b23-14+/t25-/m0/s1. The minimum Gasteiger partial charge on any atom is -0.496 e. The van der Waals surface area contributed by atoms with Gasteiger partial charge in [-0.25, -0.2) is 9.79 Å². The number of fused-ring (bicyclic) bond motifs is 1. The SMILES string of the molecule is CCOC(=O)C1=C(C)N=c2s/c(=C/c3ccc(-c4cccc(C(F)(F)F)c4)o3)c(=O)n2[C@H]1c1ccc(OC)c(Br)c1. The summed E-state index contributed by atoms with van der Waals surface area (Å²) in [6, 6.07) is 12.3. The zero-order valence-electron chi connectivity index (χ0n) is 21.9. The summed E-state index contributed by atoms with van der Waals surface area (Å²) >= 11 is 4.58. The number of alkyl halides is 3. The number of carbonyl (C=O) groups is 1. The number of ether oxygens (including phenoxy) is 2. The van der Waals surface area contributed by atoms with Crippen molar-refractivity contribution >= 4 is 39.3 Å². The van der Waals surface area contributed by atoms with Crippen molar-refractivity contribution in [2.75, 3.05) is 13.7 Å². The normalized spacial score (nSPS) is 15.5. The molecule has 212 valence electrons. The number of esters is 1. The first kappa shape index (κ1) is 28.6. The summed E-state index contributed by atoms with van der Waals surface area (Å²) in [7, 11) is 1.53. The Morgan fingerprint density at radius 1 is 1.20 bits per heavy atom. The van der Waals surface area contributed by atoms with Crippen LogP contribution in [0.3, 0.4) is 0 Å². The molecule has 0 aliphatic carbocycles. The van der Waals surface area contributed by atoms with Gasteiger partial charge in [0.1, 0.15) is 17.3 Å². The molecule has 2 aromatic carbocycles. The number of thiazole rings is 1. The van der Waals surface area contributed by atoms with Crippen LogP contribution in [-0.2, 0) is 15.7 Å². The van der Waals surface area contributed by atoms with Gasteiger partial charge in [-0.2, -0.15) is 13.2 Å². The lowest BCUT2D eigenvalue weighted by Gasteiger charge is -2.25. The van der Waals surface area contributed by atoms with Gasteiger partial charge in [-0.15, -0.1) is 0 Å². The Labute approximate surface area is 244 Å². The molecule has 7 nitrogen and oxygen atoms in total. The monoisotopic (exact) mass is 646 g/mol. The molecule has 41 heavy (non-hydrogen) atoms. The van der Waals surface area contributed by atoms with E-state index >= 15 is 0 Å². The summed E-state index contributed by atoms with van der Waals surface area (Å²) in [6.45, 7) is 3.52. The fourth-order valence-electron chi connectivity index (χ4n) is 4.52. The third kappa shape index (κ3) is 5.53. The number of hydrogen-bond acceptors (Lipinski definition) is 7. The number of methoxy groups -OCH3 is 1. The largest absolute Gasteiger partial charge is 0.496 e. The molecule has 0 spiro atoms. The van der Waals surface area contributed by atoms with Crippen LogP contribution in [0.5, 0.6) is 5.75 Å². The zero-order valence-corrected chi connectivity index (χ0v) is 24.3. The van der Waals surface area contributed by atoms with Crippen molar-refractivity contribution in [3.8, 4) is 17.1 Å². The maximum atomic E-state index is 13.8. The van der Waals surface area contributed by atoms with Crippen LogP contribution >= 0.6 is 27.3 Å². The van der Waals surface area contributed by atoms with Crippen LogP contribution < -0.4 is 19.6 Å². The van der Waals surface area contributed by atoms with Gasteiger partial charge in [0.05, 0.1) is 45.6 Å². The number of hydrogen-bond donors (Lipinski definition) is 0. The molecule has 1 aliphatic heterocycles. The van der Waals surface area contributed by atoms with Crippen LogP contribution in [0.1, 0.15) is 36.8 Å². The average Bonchev–Trinajstić information content (AvgIpc) is 3.52. The van der Waals surface area contributed by atoms with Crippen molar-refractivity contribution < 1.29 is 31.9 Å². The van der Waals surface area contributed by atoms with Crippen molar-refractivity contribution in [1.29, 1.82) is 0 Å². The first-order valence-corrected chi connectivity index (χ1v) is 13.9. The van der Waals surface area contributed by atoms with E-state index in [1.807, 2.05) is 0 Å². The lowest BCUT2D eigenvalue weighted by molar-refractivity contribution is -0.139. The third-order valence-electron chi connectivity index (χ3n) is 6.38. The van der Waals surface area contributed by atoms with Gasteiger partial charge in [-0.05, 0) is 71.7 Å². The minimum atomic E-state index is -4.49. The predicted octanol–water partition coefficient (Wildman–Crippen LogP) is 5.85. The van der Waals surface area contributed by atoms with Crippen LogP contribution in [0.2, 0.25) is 0 Å². The number of furan rings is 1. The number of carbonyl (C=O) groups excluding carboxylic acids is 1. The van der Waals surface area contributed by atoms with Gasteiger partial charge in [-0.3, -0.25) is 9.36 Å². The fourth-order valence-corrected chi connectivity index (χ4v) is 6.11. The first-order valence-electron chi connectivity index (χ1n) is 12.3. The topological polar surface area (TPSA) is 83.0 Å². The molecular weight excluding hydrogens is 625 g/mol. The summed E-state index contributed by atoms with van der Waals surface area (Å²) in [5.74, 6) is 0.481. The van der Waals surface area contributed by atoms with Crippen LogP contribution in [-0.4, -0.2) is 24.3 Å². The molecule has 0 saturated heterocycles. The van der Waals surface area contributed by atoms with E-state index in [-0.39, 0.29) is 33.8 Å². The molecule has 1 aliphatic rings. The molecule has 12 heteroatoms. The number of benzene rings is 2. The van der Waals surface area contributed by atoms with Crippen molar-refractivity contribution in [3.63, 3.8) is 0 Å². The third-order valence-corrected chi connectivity index (χ3v) is 7.99. The lowest BCUT2D eigenvalue weighted by Crippen LogP contribution is -2.39. The van der Waals surface area contributed by atoms with Crippen LogP contribution in [0.25, 0.3) is 17.4 Å². The molecule has 4 aromatic rings. The Bertz CT molecular complexity index is 1870. The number of nitrogens with zero attached hydrogens (tertiary/aromatic N) is 2. The number of halogens is 4. The summed E-state index contributed by atoms with van der Waals surface area (Å²) in [5.41, 5.74) is 0.315. The fraction of sp³-hybridized carbons (Fsp3) is 0.207. The van der Waals surface area contributed by atoms with E-state index in [1.165, 1.54) is 29.9 Å². The van der Waals surface area contributed by atoms with Gasteiger partial charge < -0.3 is 13.9 Å². The Morgan fingerprint density at radius 3 is 2.66 bits per heavy atom. The Hall–Kier alpha value is -3.90. The molecule has 0 unspecified atom stereocenters. The van der Waals surface area contributed by atoms with Crippen molar-refractivity contribution in [2.24, 2.45) is 4.99 Å². The quantitative estimate of drug-likeness (QED) is 0.246. The van der Waals surface area contributed by atoms with Crippen molar-refractivity contribution in [1.82, 2.24) is 4.57 Å². The summed E-state index contributed by atoms with van der Waals surface area (Å²) < 4.78 is 58.3. The highest BCUT2D eigenvalue weighted by atomic mass is 79.9. The first-order chi connectivity index (χ1) is 19.5. The van der Waals surface area contributed by atoms with Gasteiger partial charge in [0.25, 0.3) is 5.56 Å². The van der Waals surface area contributed by atoms with E-state index in [1.54, 1.807) is 44.2 Å². The second kappa shape index (κ2) is 11.2. The molecule has 0 bridgehead atoms. The average molecular weight is 647 g/mol. The molecule has 5 rings (SSSR count). The highest BCUT2D eigenvalue weighted by Gasteiger charge is 2.34. The molecular formula is C29H22BrF3N2O5S. The van der Waals surface area contributed by atoms with E-state index in [0.29, 0.717) is 26.3 Å². The highest BCUT2D eigenvalue weighted by molar-refractivity contribution is 9.10. The zero-order chi connectivity index (χ0) is 29.5. The molecule has 0 amide bonds. The number of aromatic nitrogens is 1. The van der Waals surface area contributed by atoms with Gasteiger partial charge >= 0.3 is 12.1 Å². The van der Waals surface area contributed by atoms with Crippen molar-refractivity contribution in [3.05, 3.63) is 107 Å². The lowest BCUT2D eigenvalue weighted by atomic mass is 9.96. The predicted molar refractivity (Wildman–Crippen MR) is 150 cm³/mol. The van der Waals surface area contributed by atoms with E-state index < -0.39 is 29.3 Å². The summed E-state index contributed by atoms with van der Waals surface area (Å²) in [6.07, 6.45) is -2.98. The van der Waals surface area contributed by atoms with Gasteiger partial charge in [0.15, 0.2) is 4.80 Å². The second-order valence-corrected chi connectivity index (χ2v) is 10.8. The number of allylic oxidation sites excluding steroid dienone is 1. The highest BCUT2D eigenvalue weighted by Crippen LogP contribution is 2.35. The second-order valence-electron chi connectivity index (χ2n) is 8.98. The summed E-state index contributed by atoms with van der Waals surface area (Å²) in [5, 5.41) is 0. The summed E-state index contributed by atoms with van der Waals surface area (Å²) in [4.78, 5) is 31.7. The van der Waals surface area contributed by atoms with Gasteiger partial charge in [0.2, 0.25) is 0 Å². The molecule has 2 aromatic heterocycles. The molecule has 0 saturated carbocycles. The number of rotatable bonds is 6. The molecule has 3 heterocycles. The Kier molecular flexibility index (Phi) is 7.80. The van der Waals surface area contributed by atoms with Crippen LogP contribution in [0, 0.1) is 0 Å². The van der Waals surface area contributed by atoms with E-state index in [4.69, 9.17) is 13.9 Å². The van der Waals surface area contributed by atoms with Crippen LogP contribution in [0.4, 0.5) is 13.2 Å². The minimum absolute atomic E-state index is 0.145. The van der Waals surface area contributed by atoms with Crippen LogP contribution in [0.15, 0.2) is 84.5 Å². The van der Waals surface area contributed by atoms with Gasteiger partial charge in [0, 0.05) is 11.6 Å². The van der Waals surface area contributed by atoms with E-state index in [0.717, 1.165) is 23.5 Å². The van der Waals surface area contributed by atoms with E-state index in [9.17, 15) is 22.8 Å². The molecule has 0 radical (unpaired) electrons. The maximum Gasteiger partial charge on any atom is 0.416 e. The van der Waals surface area contributed by atoms with Gasteiger partial charge in [-0.1, -0.05) is 29.5 Å². The molecule has 0 fully saturated rings. The Morgan fingerprint density at radius 2 is 1.98 bits per heavy atom. The maximum absolute atomic E-state index is 13.8. The Balaban J connectivity index is 1.62.